The largest absolute Gasteiger partial charge is 0.778 e. The number of hydrogen-bond donors (Lipinski definition) is 5. The molecule has 0 spiro atoms. The third-order valence-corrected chi connectivity index (χ3v) is 7.07. The van der Waals surface area contributed by atoms with Gasteiger partial charge in [-0.1, -0.05) is 41.4 Å². The number of anilines is 1. The highest BCUT2D eigenvalue weighted by Crippen LogP contribution is 2.39. The van der Waals surface area contributed by atoms with Gasteiger partial charge < -0.3 is 39.8 Å². The van der Waals surface area contributed by atoms with Crippen LogP contribution in [0.25, 0.3) is 0 Å². The van der Waals surface area contributed by atoms with E-state index in [2.05, 4.69) is 18.8 Å². The summed E-state index contributed by atoms with van der Waals surface area (Å²) in [5.74, 6) is -2.15. The summed E-state index contributed by atoms with van der Waals surface area (Å²) in [5, 5.41) is 40.1. The standard InChI is InChI=1S/C14H7ClF3NO5.C12H9ClN2O3.C3H8NO5P.C3H9S/c15-10-5-7(14(16,17)18)1-4-12(10)24-8-2-3-11(19(22)23)9(6-8)13(20)21;13-11-10(18-8-4-2-1-3-5-8)7-6-9(12(11)14)15(16)17;5-3(6)1-4-2-10(7,8)9;1-4(2)3/h1-6H,(H,20,21);1-7H,14H2;4H,1-2H2,(H,5,6)(H2,7,8,9);1-3H3/q;;;+1/p-1. The second-order valence-corrected chi connectivity index (χ2v) is 15.6. The average Bonchev–Trinajstić information content (AvgIpc) is 3.07. The number of carboxylic acids is 2. The smallest absolute Gasteiger partial charge is 0.416 e. The lowest BCUT2D eigenvalue weighted by molar-refractivity contribution is -0.385. The summed E-state index contributed by atoms with van der Waals surface area (Å²) in [7, 11) is -3.71. The molecule has 4 aromatic rings. The number of nitrogens with zero attached hydrogens (tertiary/aromatic N) is 2. The van der Waals surface area contributed by atoms with Gasteiger partial charge >= 0.3 is 18.1 Å². The molecule has 0 fully saturated rings. The Labute approximate surface area is 328 Å². The monoisotopic (exact) mass is 870 g/mol. The van der Waals surface area contributed by atoms with Gasteiger partial charge in [0.2, 0.25) is 0 Å². The van der Waals surface area contributed by atoms with Gasteiger partial charge in [-0.2, -0.15) is 13.2 Å². The van der Waals surface area contributed by atoms with Crippen molar-refractivity contribution in [3.05, 3.63) is 120 Å². The summed E-state index contributed by atoms with van der Waals surface area (Å²) in [6, 6.07) is 16.9. The van der Waals surface area contributed by atoms with Crippen LogP contribution in [-0.2, 0) is 26.4 Å². The molecule has 56 heavy (non-hydrogen) atoms. The highest BCUT2D eigenvalue weighted by molar-refractivity contribution is 7.94. The number of ether oxygens (including phenoxy) is 2. The molecular formula is C32H32Cl2F3N4O13PS. The van der Waals surface area contributed by atoms with E-state index in [1.807, 2.05) is 11.4 Å². The topological polar surface area (TPSA) is 278 Å². The van der Waals surface area contributed by atoms with Crippen molar-refractivity contribution in [1.82, 2.24) is 5.32 Å². The number of nitro groups is 2. The van der Waals surface area contributed by atoms with E-state index in [1.165, 1.54) is 12.1 Å². The van der Waals surface area contributed by atoms with E-state index in [1.54, 1.807) is 24.3 Å². The normalized spacial score (nSPS) is 11.6. The number of benzene rings is 4. The number of rotatable bonds is 11. The summed E-state index contributed by atoms with van der Waals surface area (Å²) in [6.45, 7) is -0.479. The Morgan fingerprint density at radius 1 is 0.875 bits per heavy atom. The molecule has 1 atom stereocenters. The molecule has 6 N–H and O–H groups in total. The summed E-state index contributed by atoms with van der Waals surface area (Å²) >= 11 is 11.7. The van der Waals surface area contributed by atoms with Crippen LogP contribution in [0.2, 0.25) is 10.0 Å². The van der Waals surface area contributed by atoms with E-state index in [0.717, 1.165) is 30.3 Å². The number of nitrogens with two attached hydrogens (primary N) is 1. The summed E-state index contributed by atoms with van der Waals surface area (Å²) < 4.78 is 58.3. The zero-order valence-corrected chi connectivity index (χ0v) is 32.3. The maximum Gasteiger partial charge on any atom is 0.416 e. The predicted molar refractivity (Wildman–Crippen MR) is 201 cm³/mol. The van der Waals surface area contributed by atoms with Crippen molar-refractivity contribution in [3.8, 4) is 23.0 Å². The lowest BCUT2D eigenvalue weighted by atomic mass is 10.1. The molecule has 24 heteroatoms. The molecule has 4 rings (SSSR count). The summed E-state index contributed by atoms with van der Waals surface area (Å²) in [4.78, 5) is 58.8. The van der Waals surface area contributed by atoms with Crippen molar-refractivity contribution in [2.45, 2.75) is 6.18 Å². The molecule has 304 valence electrons. The first kappa shape index (κ1) is 48.9. The highest BCUT2D eigenvalue weighted by Gasteiger charge is 2.31. The number of para-hydroxylation sites is 1. The molecule has 0 bridgehead atoms. The first-order valence-corrected chi connectivity index (χ1v) is 19.8. The second kappa shape index (κ2) is 22.4. The third-order valence-electron chi connectivity index (χ3n) is 5.76. The molecule has 0 radical (unpaired) electrons. The van der Waals surface area contributed by atoms with Crippen LogP contribution in [0.15, 0.2) is 78.9 Å². The molecule has 0 heterocycles. The van der Waals surface area contributed by atoms with Gasteiger partial charge in [0.25, 0.3) is 11.4 Å². The van der Waals surface area contributed by atoms with Crippen LogP contribution < -0.4 is 25.4 Å². The van der Waals surface area contributed by atoms with Crippen molar-refractivity contribution < 1.29 is 66.6 Å². The van der Waals surface area contributed by atoms with Crippen LogP contribution in [0.4, 0.5) is 30.2 Å². The molecule has 0 aliphatic rings. The Balaban J connectivity index is 0.000000430. The van der Waals surface area contributed by atoms with Crippen LogP contribution in [0.5, 0.6) is 23.0 Å². The molecular weight excluding hydrogens is 839 g/mol. The molecule has 0 aliphatic heterocycles. The van der Waals surface area contributed by atoms with Gasteiger partial charge in [0.15, 0.2) is 0 Å². The van der Waals surface area contributed by atoms with Crippen LogP contribution in [0, 0.1) is 20.2 Å². The fraction of sp³-hybridized carbons (Fsp3) is 0.188. The molecule has 0 aromatic heterocycles. The van der Waals surface area contributed by atoms with E-state index in [-0.39, 0.29) is 38.7 Å². The lowest BCUT2D eigenvalue weighted by Gasteiger charge is -2.14. The Kier molecular flexibility index (Phi) is 19.6. The maximum absolute atomic E-state index is 12.6. The number of halogens is 5. The van der Waals surface area contributed by atoms with Crippen LogP contribution in [0.1, 0.15) is 15.9 Å². The first-order valence-electron chi connectivity index (χ1n) is 14.8. The minimum absolute atomic E-state index is 0.0352. The Bertz CT molecular complexity index is 2040. The van der Waals surface area contributed by atoms with Crippen LogP contribution in [0.3, 0.4) is 0 Å². The first-order chi connectivity index (χ1) is 25.8. The van der Waals surface area contributed by atoms with Gasteiger partial charge in [0, 0.05) is 18.2 Å². The van der Waals surface area contributed by atoms with E-state index in [9.17, 15) is 52.4 Å². The van der Waals surface area contributed by atoms with E-state index < -0.39 is 65.2 Å². The van der Waals surface area contributed by atoms with E-state index >= 15 is 0 Å². The number of aliphatic carboxylic acids is 1. The average molecular weight is 872 g/mol. The highest BCUT2D eigenvalue weighted by atomic mass is 35.5. The van der Waals surface area contributed by atoms with Crippen molar-refractivity contribution in [3.63, 3.8) is 0 Å². The summed E-state index contributed by atoms with van der Waals surface area (Å²) in [6.07, 6.45) is 1.30. The molecule has 17 nitrogen and oxygen atoms in total. The van der Waals surface area contributed by atoms with Gasteiger partial charge in [0.05, 0.1) is 52.0 Å². The fourth-order valence-corrected chi connectivity index (χ4v) is 4.33. The lowest BCUT2D eigenvalue weighted by Crippen LogP contribution is -2.25. The van der Waals surface area contributed by atoms with Crippen molar-refractivity contribution in [2.75, 3.05) is 37.3 Å². The van der Waals surface area contributed by atoms with Crippen molar-refractivity contribution >= 4 is 70.7 Å². The van der Waals surface area contributed by atoms with Crippen molar-refractivity contribution in [1.29, 1.82) is 0 Å². The molecule has 0 aliphatic carbocycles. The summed E-state index contributed by atoms with van der Waals surface area (Å²) in [5.41, 5.74) is 3.00. The van der Waals surface area contributed by atoms with Gasteiger partial charge in [-0.05, 0) is 53.4 Å². The predicted octanol–water partition coefficient (Wildman–Crippen LogP) is 7.04. The number of nitrogens with one attached hydrogen (secondary N) is 1. The molecule has 1 unspecified atom stereocenters. The van der Waals surface area contributed by atoms with Gasteiger partial charge in [-0.15, -0.1) is 0 Å². The molecule has 4 aromatic carbocycles. The zero-order chi connectivity index (χ0) is 43.0. The van der Waals surface area contributed by atoms with Gasteiger partial charge in [-0.3, -0.25) is 30.3 Å². The van der Waals surface area contributed by atoms with Crippen LogP contribution in [-0.4, -0.2) is 68.5 Å². The Hall–Kier alpha value is -5.15. The number of nitro benzene ring substituents is 2. The number of alkyl halides is 3. The zero-order valence-electron chi connectivity index (χ0n) is 29.1. The van der Waals surface area contributed by atoms with Crippen LogP contribution >= 0.6 is 30.8 Å². The Morgan fingerprint density at radius 2 is 1.39 bits per heavy atom. The quantitative estimate of drug-likeness (QED) is 0.0332. The maximum atomic E-state index is 12.6. The number of carboxylic acid groups (broad SMARTS) is 2. The molecule has 0 saturated carbocycles. The van der Waals surface area contributed by atoms with Gasteiger partial charge in [-0.25, -0.2) is 4.79 Å². The number of aromatic carboxylic acids is 1. The Morgan fingerprint density at radius 3 is 1.86 bits per heavy atom. The second-order valence-electron chi connectivity index (χ2n) is 10.8. The number of carbonyl (C=O) groups is 2. The number of nitrogen functional groups attached to an aromatic ring is 1. The van der Waals surface area contributed by atoms with E-state index in [4.69, 9.17) is 53.5 Å². The fourth-order valence-electron chi connectivity index (χ4n) is 3.52. The number of hydrogen-bond acceptors (Lipinski definition) is 12. The molecule has 0 amide bonds. The van der Waals surface area contributed by atoms with Gasteiger partial charge in [0.1, 0.15) is 46.9 Å². The SMILES string of the molecule is C[S+](C)C.Nc1c([N+](=O)[O-])ccc(Oc2ccccc2)c1Cl.O=C(O)CNCP(=O)([O-])O.O=C(O)c1cc(Oc2ccc(C(F)(F)F)cc2Cl)ccc1[N+](=O)[O-]. The van der Waals surface area contributed by atoms with E-state index in [0.29, 0.717) is 22.7 Å². The minimum Gasteiger partial charge on any atom is -0.778 e. The minimum atomic E-state index is -4.58. The third kappa shape index (κ3) is 18.0. The molecule has 0 saturated heterocycles. The van der Waals surface area contributed by atoms with Crippen molar-refractivity contribution in [2.24, 2.45) is 0 Å².